The van der Waals surface area contributed by atoms with Gasteiger partial charge < -0.3 is 18.6 Å². The van der Waals surface area contributed by atoms with E-state index in [2.05, 4.69) is 4.74 Å². The molecule has 41 heavy (non-hydrogen) atoms. The number of sulfone groups is 2. The molecule has 0 aliphatic heterocycles. The molecule has 0 spiro atoms. The summed E-state index contributed by atoms with van der Waals surface area (Å²) in [7, 11) is -9.44. The third kappa shape index (κ3) is 10.7. The van der Waals surface area contributed by atoms with Gasteiger partial charge in [0.25, 0.3) is 0 Å². The van der Waals surface area contributed by atoms with Crippen molar-refractivity contribution in [1.82, 2.24) is 0 Å². The van der Waals surface area contributed by atoms with Crippen molar-refractivity contribution in [2.45, 2.75) is 85.4 Å². The van der Waals surface area contributed by atoms with Crippen molar-refractivity contribution < 1.29 is 40.3 Å². The monoisotopic (exact) mass is 626 g/mol. The van der Waals surface area contributed by atoms with Crippen LogP contribution in [0.5, 0.6) is 0 Å². The summed E-state index contributed by atoms with van der Waals surface area (Å²) in [5.74, 6) is 0. The second kappa shape index (κ2) is 15.6. The molecular formula is C29H42O9S2Si. The third-order valence-corrected chi connectivity index (χ3v) is 12.4. The molecule has 2 aromatic carbocycles. The predicted octanol–water partition coefficient (Wildman–Crippen LogP) is 5.78. The molecule has 0 radical (unpaired) electrons. The van der Waals surface area contributed by atoms with Crippen LogP contribution in [0.25, 0.3) is 0 Å². The Morgan fingerprint density at radius 1 is 0.878 bits per heavy atom. The highest BCUT2D eigenvalue weighted by atomic mass is 32.3. The van der Waals surface area contributed by atoms with Gasteiger partial charge in [0.05, 0.1) is 35.2 Å². The summed E-state index contributed by atoms with van der Waals surface area (Å²) in [6.07, 6.45) is 1.83. The predicted molar refractivity (Wildman–Crippen MR) is 161 cm³/mol. The number of hydrogen-bond acceptors (Lipinski definition) is 9. The molecule has 3 atom stereocenters. The lowest BCUT2D eigenvalue weighted by molar-refractivity contribution is -0.0478. The van der Waals surface area contributed by atoms with Crippen LogP contribution in [0, 0.1) is 0 Å². The van der Waals surface area contributed by atoms with Crippen LogP contribution in [0.4, 0.5) is 4.79 Å². The Morgan fingerprint density at radius 3 is 1.83 bits per heavy atom. The first-order valence-electron chi connectivity index (χ1n) is 13.5. The zero-order valence-electron chi connectivity index (χ0n) is 24.6. The molecule has 0 saturated heterocycles. The molecule has 0 fully saturated rings. The number of ether oxygens (including phenoxy) is 3. The highest BCUT2D eigenvalue weighted by Crippen LogP contribution is 2.31. The van der Waals surface area contributed by atoms with Crippen LogP contribution in [0.1, 0.15) is 33.1 Å². The van der Waals surface area contributed by atoms with Gasteiger partial charge in [0, 0.05) is 0 Å². The largest absolute Gasteiger partial charge is 0.508 e. The first kappa shape index (κ1) is 34.7. The fourth-order valence-corrected chi connectivity index (χ4v) is 9.96. The lowest BCUT2D eigenvalue weighted by atomic mass is 10.1. The smallest absolute Gasteiger partial charge is 0.438 e. The number of benzene rings is 2. The van der Waals surface area contributed by atoms with Crippen LogP contribution in [-0.2, 0) is 38.3 Å². The van der Waals surface area contributed by atoms with Gasteiger partial charge in [-0.1, -0.05) is 49.4 Å². The van der Waals surface area contributed by atoms with Crippen LogP contribution in [-0.4, -0.2) is 67.9 Å². The van der Waals surface area contributed by atoms with E-state index in [4.69, 9.17) is 13.9 Å². The van der Waals surface area contributed by atoms with Crippen molar-refractivity contribution >= 4 is 34.1 Å². The van der Waals surface area contributed by atoms with Gasteiger partial charge in [0.15, 0.2) is 32.6 Å². The average molecular weight is 627 g/mol. The van der Waals surface area contributed by atoms with Crippen LogP contribution < -0.4 is 0 Å². The second-order valence-corrected chi connectivity index (χ2v) is 19.5. The number of carbonyl (C=O) groups is 1. The Hall–Kier alpha value is -2.51. The van der Waals surface area contributed by atoms with Gasteiger partial charge in [0.1, 0.15) is 6.61 Å². The number of rotatable bonds is 16. The second-order valence-electron chi connectivity index (χ2n) is 10.5. The molecule has 2 rings (SSSR count). The first-order chi connectivity index (χ1) is 19.2. The topological polar surface area (TPSA) is 122 Å². The van der Waals surface area contributed by atoms with Gasteiger partial charge in [-0.2, -0.15) is 0 Å². The summed E-state index contributed by atoms with van der Waals surface area (Å²) in [6, 6.07) is 15.3. The van der Waals surface area contributed by atoms with E-state index in [-0.39, 0.29) is 35.3 Å². The van der Waals surface area contributed by atoms with Crippen LogP contribution in [0.15, 0.2) is 82.6 Å². The molecule has 0 amide bonds. The zero-order valence-corrected chi connectivity index (χ0v) is 27.2. The van der Waals surface area contributed by atoms with E-state index in [0.29, 0.717) is 6.42 Å². The van der Waals surface area contributed by atoms with Crippen LogP contribution in [0.3, 0.4) is 0 Å². The van der Waals surface area contributed by atoms with Crippen molar-refractivity contribution in [1.29, 1.82) is 0 Å². The number of hydrogen-bond donors (Lipinski definition) is 0. The van der Waals surface area contributed by atoms with E-state index in [1.807, 2.05) is 33.5 Å². The first-order valence-corrected chi connectivity index (χ1v) is 20.0. The van der Waals surface area contributed by atoms with Crippen LogP contribution in [0.2, 0.25) is 19.6 Å². The lowest BCUT2D eigenvalue weighted by Crippen LogP contribution is -2.41. The molecule has 0 bridgehead atoms. The highest BCUT2D eigenvalue weighted by Gasteiger charge is 2.41. The van der Waals surface area contributed by atoms with E-state index < -0.39 is 50.9 Å². The Kier molecular flexibility index (Phi) is 13.2. The maximum atomic E-state index is 13.8. The molecule has 12 heteroatoms. The van der Waals surface area contributed by atoms with Gasteiger partial charge in [-0.15, -0.1) is 0 Å². The Morgan fingerprint density at radius 2 is 1.39 bits per heavy atom. The summed E-state index contributed by atoms with van der Waals surface area (Å²) < 4.78 is 75.3. The maximum absolute atomic E-state index is 13.8. The van der Waals surface area contributed by atoms with Gasteiger partial charge in [-0.25, -0.2) is 21.6 Å². The van der Waals surface area contributed by atoms with E-state index >= 15 is 0 Å². The minimum Gasteiger partial charge on any atom is -0.438 e. The molecular weight excluding hydrogens is 585 g/mol. The normalized spacial score (nSPS) is 15.0. The number of methoxy groups -OCH3 is 1. The van der Waals surface area contributed by atoms with Crippen molar-refractivity contribution in [3.63, 3.8) is 0 Å². The Labute approximate surface area is 245 Å². The molecule has 9 nitrogen and oxygen atoms in total. The molecule has 0 unspecified atom stereocenters. The standard InChI is InChI=1S/C29H42O9S2Si/c1-7-24(15-14-22-36-29(30)35-3)37-23(2)27(38-41(4,5)6)20-21-28(39(31,32)25-16-10-8-11-17-25)40(33,34)26-18-12-9-13-19-26/h8-19,23-24,27-28H,7,20-22H2,1-6H3/b15-14+/t23-,24-,27+/m1/s1. The molecule has 0 saturated carbocycles. The minimum absolute atomic E-state index is 0.0200. The van der Waals surface area contributed by atoms with Crippen molar-refractivity contribution in [2.75, 3.05) is 13.7 Å². The summed E-state index contributed by atoms with van der Waals surface area (Å²) in [6.45, 7) is 9.81. The fraction of sp³-hybridized carbons (Fsp3) is 0.483. The van der Waals surface area contributed by atoms with E-state index in [0.717, 1.165) is 0 Å². The summed E-state index contributed by atoms with van der Waals surface area (Å²) in [5.41, 5.74) is 0. The molecule has 0 aliphatic rings. The van der Waals surface area contributed by atoms with Gasteiger partial charge in [-0.05, 0) is 76.2 Å². The highest BCUT2D eigenvalue weighted by molar-refractivity contribution is 8.09. The SMILES string of the molecule is CC[C@H](/C=C/COC(=O)OC)O[C@H](C)[C@H](CCC(S(=O)(=O)c1ccccc1)S(=O)(=O)c1ccccc1)O[Si](C)(C)C. The average Bonchev–Trinajstić information content (AvgIpc) is 2.93. The third-order valence-electron chi connectivity index (χ3n) is 6.16. The summed E-state index contributed by atoms with van der Waals surface area (Å²) in [5, 5.41) is 0. The van der Waals surface area contributed by atoms with E-state index in [1.165, 1.54) is 31.4 Å². The quantitative estimate of drug-likeness (QED) is 0.130. The Bertz CT molecular complexity index is 1250. The molecule has 0 aliphatic carbocycles. The molecule has 228 valence electrons. The van der Waals surface area contributed by atoms with Crippen LogP contribution >= 0.6 is 0 Å². The van der Waals surface area contributed by atoms with Crippen molar-refractivity contribution in [3.8, 4) is 0 Å². The molecule has 0 heterocycles. The summed E-state index contributed by atoms with van der Waals surface area (Å²) in [4.78, 5) is 11.1. The van der Waals surface area contributed by atoms with Gasteiger partial charge in [-0.3, -0.25) is 0 Å². The van der Waals surface area contributed by atoms with Crippen molar-refractivity contribution in [3.05, 3.63) is 72.8 Å². The fourth-order valence-electron chi connectivity index (χ4n) is 4.17. The lowest BCUT2D eigenvalue weighted by Gasteiger charge is -2.33. The number of carbonyl (C=O) groups excluding carboxylic acids is 1. The molecule has 0 aromatic heterocycles. The molecule has 2 aromatic rings. The van der Waals surface area contributed by atoms with Gasteiger partial charge >= 0.3 is 6.16 Å². The minimum atomic E-state index is -4.26. The maximum Gasteiger partial charge on any atom is 0.508 e. The molecule has 0 N–H and O–H groups in total. The summed E-state index contributed by atoms with van der Waals surface area (Å²) >= 11 is 0. The van der Waals surface area contributed by atoms with Gasteiger partial charge in [0.2, 0.25) is 0 Å². The van der Waals surface area contributed by atoms with E-state index in [1.54, 1.807) is 48.6 Å². The zero-order chi connectivity index (χ0) is 30.7. The van der Waals surface area contributed by atoms with Crippen molar-refractivity contribution in [2.24, 2.45) is 0 Å². The van der Waals surface area contributed by atoms with E-state index in [9.17, 15) is 21.6 Å². The Balaban J connectivity index is 2.35.